The number of fused-ring (bicyclic) bond motifs is 1. The number of carbonyl (C=O) groups is 2. The minimum Gasteiger partial charge on any atom is -0.455 e. The van der Waals surface area contributed by atoms with Crippen LogP contribution >= 0.6 is 37.2 Å². The van der Waals surface area contributed by atoms with E-state index >= 15 is 0 Å². The Hall–Kier alpha value is -4.45. The number of hydrogen-bond donors (Lipinski definition) is 8. The van der Waals surface area contributed by atoms with E-state index in [0.717, 1.165) is 22.0 Å². The van der Waals surface area contributed by atoms with Gasteiger partial charge in [0.1, 0.15) is 60.8 Å². The molecule has 0 spiro atoms. The van der Waals surface area contributed by atoms with Crippen LogP contribution in [0.5, 0.6) is 0 Å². The number of esters is 1. The molecular formula is C35H48N10O17P2S2. The number of phosphoric ester groups is 2. The standard InChI is InChI=1S/C35H48N10O17P2S2/c1-35(2,3)66-65-14-19(43(4)34(50)56-11-17-5-7-18(36)8-6-17)32(48)61-26-20(59-31(24(26)46)45-16-41-23-28(38)39-15-40-29(23)45)13-58-64(54,55)62-27-21(12-57-63(51,52)53)60-30(25(27)47)44-10-9-22(37)42-33(44)49/h5-10,15-16,19-21,24-27,30-31,46-47H,11-14,36H2,1-4H3,(H,54,55)(H2,37,42,49)(H2,38,39,40)(H2,51,52,53)/t19-,20+,21+,24+,25+,26+,27+,30+,31+/m0/s1. The number of amides is 1. The molecule has 0 saturated carbocycles. The van der Waals surface area contributed by atoms with E-state index in [1.54, 1.807) is 24.3 Å². The van der Waals surface area contributed by atoms with E-state index in [9.17, 15) is 48.4 Å². The maximum atomic E-state index is 14.2. The van der Waals surface area contributed by atoms with E-state index in [0.29, 0.717) is 11.3 Å². The third-order valence-corrected chi connectivity index (χ3v) is 14.4. The van der Waals surface area contributed by atoms with Crippen LogP contribution < -0.4 is 22.9 Å². The number of aliphatic hydroxyl groups is 2. The normalized spacial score (nSPS) is 24.8. The predicted molar refractivity (Wildman–Crippen MR) is 233 cm³/mol. The van der Waals surface area contributed by atoms with Crippen molar-refractivity contribution in [1.82, 2.24) is 34.0 Å². The molecule has 66 heavy (non-hydrogen) atoms. The second kappa shape index (κ2) is 20.8. The number of nitrogens with zero attached hydrogens (tertiary/aromatic N) is 7. The van der Waals surface area contributed by atoms with Crippen molar-refractivity contribution in [3.8, 4) is 0 Å². The lowest BCUT2D eigenvalue weighted by Crippen LogP contribution is -2.48. The number of imidazole rings is 1. The Kier molecular flexibility index (Phi) is 16.1. The minimum atomic E-state index is -5.45. The molecule has 11 N–H and O–H groups in total. The van der Waals surface area contributed by atoms with Crippen LogP contribution in [0.1, 0.15) is 38.8 Å². The first kappa shape index (κ1) is 51.0. The molecular weight excluding hydrogens is 959 g/mol. The molecule has 2 aliphatic rings. The quantitative estimate of drug-likeness (QED) is 0.0294. The van der Waals surface area contributed by atoms with Crippen LogP contribution in [0.4, 0.5) is 22.1 Å². The molecule has 2 fully saturated rings. The van der Waals surface area contributed by atoms with Crippen LogP contribution in [0.25, 0.3) is 11.2 Å². The summed E-state index contributed by atoms with van der Waals surface area (Å²) in [5.41, 5.74) is 17.6. The average molecular weight is 1010 g/mol. The fourth-order valence-corrected chi connectivity index (χ4v) is 10.3. The summed E-state index contributed by atoms with van der Waals surface area (Å²) in [6, 6.07) is 6.39. The zero-order valence-electron chi connectivity index (χ0n) is 35.4. The van der Waals surface area contributed by atoms with Crippen LogP contribution in [0.15, 0.2) is 54.0 Å². The highest BCUT2D eigenvalue weighted by atomic mass is 33.1. The van der Waals surface area contributed by atoms with Gasteiger partial charge in [-0.15, -0.1) is 0 Å². The van der Waals surface area contributed by atoms with E-state index in [2.05, 4.69) is 24.5 Å². The lowest BCUT2D eigenvalue weighted by atomic mass is 10.1. The molecule has 1 amide bonds. The van der Waals surface area contributed by atoms with Gasteiger partial charge in [0, 0.05) is 29.4 Å². The Morgan fingerprint density at radius 2 is 1.56 bits per heavy atom. The van der Waals surface area contributed by atoms with Crippen LogP contribution in [0.2, 0.25) is 0 Å². The number of anilines is 3. The molecule has 0 radical (unpaired) electrons. The molecule has 27 nitrogen and oxygen atoms in total. The number of likely N-dealkylation sites (N-methyl/N-ethyl adjacent to an activating group) is 1. The highest BCUT2D eigenvalue weighted by Crippen LogP contribution is 2.50. The van der Waals surface area contributed by atoms with E-state index in [4.69, 9.17) is 45.2 Å². The number of rotatable bonds is 18. The lowest BCUT2D eigenvalue weighted by molar-refractivity contribution is -0.161. The van der Waals surface area contributed by atoms with E-state index in [1.807, 2.05) is 20.8 Å². The largest absolute Gasteiger partial charge is 0.472 e. The molecule has 10 atom stereocenters. The maximum Gasteiger partial charge on any atom is 0.472 e. The summed E-state index contributed by atoms with van der Waals surface area (Å²) in [6.07, 6.45) is -11.5. The van der Waals surface area contributed by atoms with Gasteiger partial charge < -0.3 is 61.0 Å². The Morgan fingerprint density at radius 3 is 2.21 bits per heavy atom. The lowest BCUT2D eigenvalue weighted by Gasteiger charge is -2.29. The summed E-state index contributed by atoms with van der Waals surface area (Å²) in [5.74, 6) is -1.30. The van der Waals surface area contributed by atoms with Gasteiger partial charge in [0.05, 0.1) is 19.5 Å². The summed E-state index contributed by atoms with van der Waals surface area (Å²) in [5, 5.41) is 23.0. The summed E-state index contributed by atoms with van der Waals surface area (Å²) in [4.78, 5) is 86.8. The molecule has 2 aliphatic heterocycles. The van der Waals surface area contributed by atoms with Gasteiger partial charge in [0.2, 0.25) is 0 Å². The molecule has 1 aromatic carbocycles. The molecule has 3 aromatic heterocycles. The number of aliphatic hydroxyl groups excluding tert-OH is 2. The first-order valence-electron chi connectivity index (χ1n) is 19.5. The highest BCUT2D eigenvalue weighted by Gasteiger charge is 2.52. The Labute approximate surface area is 382 Å². The number of carbonyl (C=O) groups excluding carboxylic acids is 2. The zero-order chi connectivity index (χ0) is 48.3. The highest BCUT2D eigenvalue weighted by molar-refractivity contribution is 8.77. The molecule has 5 heterocycles. The third kappa shape index (κ3) is 12.7. The van der Waals surface area contributed by atoms with Gasteiger partial charge in [-0.25, -0.2) is 38.5 Å². The summed E-state index contributed by atoms with van der Waals surface area (Å²) >= 11 is 0. The van der Waals surface area contributed by atoms with Gasteiger partial charge in [0.25, 0.3) is 0 Å². The van der Waals surface area contributed by atoms with Crippen molar-refractivity contribution in [3.63, 3.8) is 0 Å². The SMILES string of the molecule is CN(C(=O)OCc1ccc(N)cc1)[C@@H](CSSC(C)(C)C)C(=O)O[C@H]1[C@@H](O)[C@H](n2cnc3c(N)ncnc32)O[C@@H]1COP(=O)(O)O[C@H]1[C@@H](O)[C@H](n2ccc(N)nc2=O)O[C@@H]1COP(=O)(O)O. The van der Waals surface area contributed by atoms with Gasteiger partial charge in [-0.2, -0.15) is 4.98 Å². The molecule has 31 heteroatoms. The topological polar surface area (TPSA) is 394 Å². The number of aromatic nitrogens is 6. The second-order valence-corrected chi connectivity index (χ2v) is 21.5. The minimum absolute atomic E-state index is 0.0189. The maximum absolute atomic E-state index is 14.2. The Bertz CT molecular complexity index is 2510. The van der Waals surface area contributed by atoms with Crippen LogP contribution in [-0.2, 0) is 53.1 Å². The van der Waals surface area contributed by atoms with Gasteiger partial charge >= 0.3 is 33.4 Å². The van der Waals surface area contributed by atoms with Crippen molar-refractivity contribution in [2.45, 2.75) is 87.2 Å². The number of benzene rings is 1. The number of ether oxygens (including phenoxy) is 4. The van der Waals surface area contributed by atoms with Gasteiger partial charge in [-0.05, 0) is 23.8 Å². The van der Waals surface area contributed by atoms with Gasteiger partial charge in [-0.3, -0.25) is 27.6 Å². The molecule has 2 saturated heterocycles. The molecule has 0 aliphatic carbocycles. The van der Waals surface area contributed by atoms with Crippen molar-refractivity contribution in [2.75, 3.05) is 43.2 Å². The van der Waals surface area contributed by atoms with Gasteiger partial charge in [-0.1, -0.05) is 54.5 Å². The Balaban J connectivity index is 1.25. The van der Waals surface area contributed by atoms with Crippen molar-refractivity contribution in [1.29, 1.82) is 0 Å². The van der Waals surface area contributed by atoms with E-state index < -0.39 is 102 Å². The number of nitrogens with two attached hydrogens (primary N) is 3. The first-order valence-corrected chi connectivity index (χ1v) is 24.8. The fraction of sp³-hybridized carbons (Fsp3) is 0.514. The average Bonchev–Trinajstić information content (AvgIpc) is 3.89. The molecule has 6 rings (SSSR count). The zero-order valence-corrected chi connectivity index (χ0v) is 38.8. The van der Waals surface area contributed by atoms with Crippen molar-refractivity contribution in [3.05, 3.63) is 65.2 Å². The monoisotopic (exact) mass is 1010 g/mol. The van der Waals surface area contributed by atoms with Crippen molar-refractivity contribution >= 4 is 77.8 Å². The first-order chi connectivity index (χ1) is 30.9. The smallest absolute Gasteiger partial charge is 0.455 e. The fourth-order valence-electron chi connectivity index (χ4n) is 6.45. The van der Waals surface area contributed by atoms with E-state index in [-0.39, 0.29) is 39.9 Å². The molecule has 4 aromatic rings. The number of hydrogen-bond acceptors (Lipinski definition) is 23. The number of nitrogen functional groups attached to an aromatic ring is 3. The Morgan fingerprint density at radius 1 is 0.924 bits per heavy atom. The molecule has 1 unspecified atom stereocenters. The number of phosphoric acid groups is 2. The van der Waals surface area contributed by atoms with Crippen LogP contribution in [-0.4, -0.2) is 144 Å². The van der Waals surface area contributed by atoms with E-state index in [1.165, 1.54) is 45.6 Å². The van der Waals surface area contributed by atoms with Crippen molar-refractivity contribution < 1.29 is 76.1 Å². The summed E-state index contributed by atoms with van der Waals surface area (Å²) in [6.45, 7) is 3.64. The molecule has 0 bridgehead atoms. The van der Waals surface area contributed by atoms with Crippen molar-refractivity contribution in [2.24, 2.45) is 0 Å². The second-order valence-electron chi connectivity index (χ2n) is 15.7. The van der Waals surface area contributed by atoms with Crippen LogP contribution in [0, 0.1) is 0 Å². The third-order valence-electron chi connectivity index (χ3n) is 9.63. The predicted octanol–water partition coefficient (Wildman–Crippen LogP) is 0.687. The van der Waals surface area contributed by atoms with Gasteiger partial charge in [0.15, 0.2) is 30.0 Å². The summed E-state index contributed by atoms with van der Waals surface area (Å²) < 4.78 is 65.1. The molecule has 362 valence electrons. The summed E-state index contributed by atoms with van der Waals surface area (Å²) in [7, 11) is -6.65. The van der Waals surface area contributed by atoms with Crippen LogP contribution in [0.3, 0.4) is 0 Å².